The molecule has 0 aromatic carbocycles. The second-order valence-electron chi connectivity index (χ2n) is 3.55. The first-order chi connectivity index (χ1) is 5.18. The second-order valence-corrected chi connectivity index (χ2v) is 3.55. The van der Waals surface area contributed by atoms with Gasteiger partial charge in [-0.15, -0.1) is 0 Å². The first kappa shape index (κ1) is 8.97. The van der Waals surface area contributed by atoms with E-state index in [9.17, 15) is 0 Å². The lowest BCUT2D eigenvalue weighted by molar-refractivity contribution is 0.0837. The van der Waals surface area contributed by atoms with Gasteiger partial charge in [0.1, 0.15) is 0 Å². The lowest BCUT2D eigenvalue weighted by Crippen LogP contribution is -2.34. The van der Waals surface area contributed by atoms with Crippen LogP contribution >= 0.6 is 0 Å². The first-order valence-electron chi connectivity index (χ1n) is 4.22. The maximum Gasteiger partial charge on any atom is 0.0535 e. The predicted molar refractivity (Wildman–Crippen MR) is 45.0 cm³/mol. The van der Waals surface area contributed by atoms with Crippen molar-refractivity contribution >= 4 is 0 Å². The van der Waals surface area contributed by atoms with Crippen LogP contribution in [-0.4, -0.2) is 31.8 Å². The Balaban J connectivity index is 2.18. The van der Waals surface area contributed by atoms with Crippen molar-refractivity contribution < 1.29 is 4.74 Å². The van der Waals surface area contributed by atoms with Crippen molar-refractivity contribution in [2.75, 3.05) is 26.8 Å². The number of rotatable bonds is 5. The summed E-state index contributed by atoms with van der Waals surface area (Å²) < 4.78 is 5.38. The molecule has 66 valence electrons. The number of nitrogens with zero attached hydrogens (tertiary/aromatic N) is 1. The molecule has 0 aromatic heterocycles. The van der Waals surface area contributed by atoms with E-state index < -0.39 is 0 Å². The third-order valence-corrected chi connectivity index (χ3v) is 2.15. The van der Waals surface area contributed by atoms with Crippen molar-refractivity contribution in [3.8, 4) is 0 Å². The summed E-state index contributed by atoms with van der Waals surface area (Å²) in [6.07, 6.45) is 2.54. The molecule has 0 heterocycles. The smallest absolute Gasteiger partial charge is 0.0535 e. The zero-order valence-corrected chi connectivity index (χ0v) is 7.47. The summed E-state index contributed by atoms with van der Waals surface area (Å²) in [6, 6.07) is 0. The van der Waals surface area contributed by atoms with E-state index >= 15 is 0 Å². The van der Waals surface area contributed by atoms with Gasteiger partial charge in [-0.1, -0.05) is 0 Å². The quantitative estimate of drug-likeness (QED) is 0.470. The average Bonchev–Trinajstić information content (AvgIpc) is 2.64. The van der Waals surface area contributed by atoms with Crippen molar-refractivity contribution in [1.29, 1.82) is 0 Å². The molecule has 0 amide bonds. The average molecular weight is 158 g/mol. The Morgan fingerprint density at radius 2 is 2.18 bits per heavy atom. The van der Waals surface area contributed by atoms with Gasteiger partial charge >= 0.3 is 0 Å². The number of hydrazine groups is 1. The van der Waals surface area contributed by atoms with E-state index in [1.165, 1.54) is 12.8 Å². The number of hydrogen-bond donors (Lipinski definition) is 1. The van der Waals surface area contributed by atoms with Gasteiger partial charge in [0.15, 0.2) is 0 Å². The van der Waals surface area contributed by atoms with Gasteiger partial charge in [0, 0.05) is 25.6 Å². The fraction of sp³-hybridized carbons (Fsp3) is 1.00. The standard InChI is InChI=1S/C8H18N2O/c1-3-11-7-8(4-5-8)6-10(2)9/h3-7,9H2,1-2H3. The molecule has 2 N–H and O–H groups in total. The van der Waals surface area contributed by atoms with Crippen LogP contribution in [0.4, 0.5) is 0 Å². The molecule has 1 fully saturated rings. The van der Waals surface area contributed by atoms with Crippen molar-refractivity contribution in [1.82, 2.24) is 5.01 Å². The van der Waals surface area contributed by atoms with Crippen LogP contribution in [0.25, 0.3) is 0 Å². The van der Waals surface area contributed by atoms with E-state index in [1.54, 1.807) is 5.01 Å². The lowest BCUT2D eigenvalue weighted by atomic mass is 10.1. The molecule has 0 saturated heterocycles. The van der Waals surface area contributed by atoms with Gasteiger partial charge in [0.2, 0.25) is 0 Å². The highest BCUT2D eigenvalue weighted by atomic mass is 16.5. The summed E-state index contributed by atoms with van der Waals surface area (Å²) in [7, 11) is 1.91. The van der Waals surface area contributed by atoms with E-state index in [4.69, 9.17) is 10.6 Å². The highest BCUT2D eigenvalue weighted by molar-refractivity contribution is 4.94. The van der Waals surface area contributed by atoms with Crippen LogP contribution in [0.2, 0.25) is 0 Å². The van der Waals surface area contributed by atoms with Crippen LogP contribution in [0, 0.1) is 5.41 Å². The molecule has 0 radical (unpaired) electrons. The van der Waals surface area contributed by atoms with Crippen molar-refractivity contribution in [3.05, 3.63) is 0 Å². The third-order valence-electron chi connectivity index (χ3n) is 2.15. The van der Waals surface area contributed by atoms with Crippen LogP contribution in [0.3, 0.4) is 0 Å². The van der Waals surface area contributed by atoms with Gasteiger partial charge < -0.3 is 4.74 Å². The highest BCUT2D eigenvalue weighted by Gasteiger charge is 2.43. The Kier molecular flexibility index (Phi) is 2.87. The van der Waals surface area contributed by atoms with Crippen LogP contribution in [0.1, 0.15) is 19.8 Å². The summed E-state index contributed by atoms with van der Waals surface area (Å²) in [6.45, 7) is 4.69. The summed E-state index contributed by atoms with van der Waals surface area (Å²) >= 11 is 0. The molecule has 0 atom stereocenters. The van der Waals surface area contributed by atoms with E-state index in [0.29, 0.717) is 5.41 Å². The molecule has 1 aliphatic carbocycles. The second kappa shape index (κ2) is 3.52. The third kappa shape index (κ3) is 2.77. The Bertz CT molecular complexity index is 121. The van der Waals surface area contributed by atoms with Crippen LogP contribution in [0.5, 0.6) is 0 Å². The van der Waals surface area contributed by atoms with E-state index in [2.05, 4.69) is 0 Å². The number of hydrogen-bond acceptors (Lipinski definition) is 3. The Morgan fingerprint density at radius 1 is 1.55 bits per heavy atom. The minimum Gasteiger partial charge on any atom is -0.381 e. The molecule has 1 saturated carbocycles. The number of ether oxygens (including phenoxy) is 1. The van der Waals surface area contributed by atoms with E-state index in [-0.39, 0.29) is 0 Å². The molecule has 1 rings (SSSR count). The summed E-state index contributed by atoms with van der Waals surface area (Å²) in [5.74, 6) is 5.57. The molecule has 3 nitrogen and oxygen atoms in total. The van der Waals surface area contributed by atoms with E-state index in [0.717, 1.165) is 19.8 Å². The SMILES string of the molecule is CCOCC1(CN(C)N)CC1. The Hall–Kier alpha value is -0.120. The molecule has 0 bridgehead atoms. The van der Waals surface area contributed by atoms with Gasteiger partial charge in [-0.3, -0.25) is 5.84 Å². The van der Waals surface area contributed by atoms with Crippen molar-refractivity contribution in [2.24, 2.45) is 11.3 Å². The van der Waals surface area contributed by atoms with Crippen molar-refractivity contribution in [3.63, 3.8) is 0 Å². The molecule has 1 aliphatic rings. The number of nitrogens with two attached hydrogens (primary N) is 1. The largest absolute Gasteiger partial charge is 0.381 e. The summed E-state index contributed by atoms with van der Waals surface area (Å²) in [5, 5.41) is 1.76. The molecule has 0 aromatic rings. The van der Waals surface area contributed by atoms with E-state index in [1.807, 2.05) is 14.0 Å². The van der Waals surface area contributed by atoms with Crippen LogP contribution in [-0.2, 0) is 4.74 Å². The normalized spacial score (nSPS) is 20.7. The molecule has 0 unspecified atom stereocenters. The maximum atomic E-state index is 5.57. The van der Waals surface area contributed by atoms with Crippen molar-refractivity contribution in [2.45, 2.75) is 19.8 Å². The van der Waals surface area contributed by atoms with Crippen LogP contribution in [0.15, 0.2) is 0 Å². The lowest BCUT2D eigenvalue weighted by Gasteiger charge is -2.19. The summed E-state index contributed by atoms with van der Waals surface area (Å²) in [4.78, 5) is 0. The molecular formula is C8H18N2O. The Morgan fingerprint density at radius 3 is 2.55 bits per heavy atom. The fourth-order valence-corrected chi connectivity index (χ4v) is 1.37. The maximum absolute atomic E-state index is 5.57. The van der Waals surface area contributed by atoms with Gasteiger partial charge in [-0.05, 0) is 19.8 Å². The minimum atomic E-state index is 0.402. The monoisotopic (exact) mass is 158 g/mol. The molecule has 3 heteroatoms. The fourth-order valence-electron chi connectivity index (χ4n) is 1.37. The minimum absolute atomic E-state index is 0.402. The molecule has 0 spiro atoms. The molecule has 0 aliphatic heterocycles. The predicted octanol–water partition coefficient (Wildman–Crippen LogP) is 0.609. The van der Waals surface area contributed by atoms with Gasteiger partial charge in [-0.2, -0.15) is 0 Å². The topological polar surface area (TPSA) is 38.5 Å². The zero-order valence-electron chi connectivity index (χ0n) is 7.47. The molecular weight excluding hydrogens is 140 g/mol. The Labute approximate surface area is 68.5 Å². The molecule has 11 heavy (non-hydrogen) atoms. The van der Waals surface area contributed by atoms with Crippen LogP contribution < -0.4 is 5.84 Å². The highest BCUT2D eigenvalue weighted by Crippen LogP contribution is 2.45. The van der Waals surface area contributed by atoms with Gasteiger partial charge in [-0.25, -0.2) is 5.01 Å². The first-order valence-corrected chi connectivity index (χ1v) is 4.22. The summed E-state index contributed by atoms with van der Waals surface area (Å²) in [5.41, 5.74) is 0.402. The van der Waals surface area contributed by atoms with Gasteiger partial charge in [0.25, 0.3) is 0 Å². The zero-order chi connectivity index (χ0) is 8.32. The van der Waals surface area contributed by atoms with Gasteiger partial charge in [0.05, 0.1) is 6.61 Å².